The smallest absolute Gasteiger partial charge is 0.340 e. The lowest BCUT2D eigenvalue weighted by Gasteiger charge is -2.15. The highest BCUT2D eigenvalue weighted by atomic mass is 19.3. The molecule has 1 aromatic carbocycles. The number of hydrogen-bond acceptors (Lipinski definition) is 1. The molecular weight excluding hydrogens is 212 g/mol. The van der Waals surface area contributed by atoms with E-state index in [2.05, 4.69) is 4.74 Å². The van der Waals surface area contributed by atoms with Gasteiger partial charge in [0.15, 0.2) is 6.61 Å². The van der Waals surface area contributed by atoms with Crippen LogP contribution in [0.2, 0.25) is 0 Å². The molecule has 1 aromatic rings. The van der Waals surface area contributed by atoms with Gasteiger partial charge in [0.2, 0.25) is 0 Å². The van der Waals surface area contributed by atoms with Gasteiger partial charge < -0.3 is 4.74 Å². The van der Waals surface area contributed by atoms with E-state index in [1.165, 1.54) is 12.1 Å². The zero-order valence-electron chi connectivity index (χ0n) is 8.01. The van der Waals surface area contributed by atoms with Gasteiger partial charge in [-0.2, -0.15) is 8.78 Å². The summed E-state index contributed by atoms with van der Waals surface area (Å²) in [7, 11) is 0. The molecule has 0 heterocycles. The summed E-state index contributed by atoms with van der Waals surface area (Å²) >= 11 is 0. The first-order chi connectivity index (χ1) is 6.92. The molecule has 15 heavy (non-hydrogen) atoms. The zero-order valence-corrected chi connectivity index (χ0v) is 8.01. The van der Waals surface area contributed by atoms with Crippen LogP contribution in [0.5, 0.6) is 5.75 Å². The number of aryl methyl sites for hydroxylation is 1. The second-order valence-electron chi connectivity index (χ2n) is 3.16. The molecule has 0 spiro atoms. The van der Waals surface area contributed by atoms with E-state index in [1.54, 1.807) is 12.1 Å². The summed E-state index contributed by atoms with van der Waals surface area (Å²) in [6, 6.07) is 6.21. The monoisotopic (exact) mass is 222 g/mol. The first-order valence-electron chi connectivity index (χ1n) is 4.27. The van der Waals surface area contributed by atoms with Gasteiger partial charge in [-0.05, 0) is 19.1 Å². The summed E-state index contributed by atoms with van der Waals surface area (Å²) in [4.78, 5) is 0. The molecule has 0 radical (unpaired) electrons. The van der Waals surface area contributed by atoms with Gasteiger partial charge in [0.25, 0.3) is 0 Å². The van der Waals surface area contributed by atoms with Crippen molar-refractivity contribution in [1.82, 2.24) is 0 Å². The van der Waals surface area contributed by atoms with E-state index in [0.29, 0.717) is 0 Å². The molecule has 0 aromatic heterocycles. The molecule has 1 rings (SSSR count). The number of ether oxygens (including phenoxy) is 1. The zero-order chi connectivity index (χ0) is 11.5. The largest absolute Gasteiger partial charge is 0.487 e. The van der Waals surface area contributed by atoms with Crippen LogP contribution in [0.1, 0.15) is 5.56 Å². The van der Waals surface area contributed by atoms with Crippen LogP contribution in [-0.4, -0.2) is 19.0 Å². The van der Waals surface area contributed by atoms with E-state index >= 15 is 0 Å². The molecule has 0 saturated heterocycles. The van der Waals surface area contributed by atoms with Crippen molar-refractivity contribution in [3.63, 3.8) is 0 Å². The van der Waals surface area contributed by atoms with Gasteiger partial charge in [-0.15, -0.1) is 0 Å². The third-order valence-electron chi connectivity index (χ3n) is 1.77. The minimum atomic E-state index is -4.11. The summed E-state index contributed by atoms with van der Waals surface area (Å²) in [6.45, 7) is 0.505. The van der Waals surface area contributed by atoms with Crippen LogP contribution in [0, 0.1) is 6.92 Å². The van der Waals surface area contributed by atoms with Gasteiger partial charge in [0, 0.05) is 0 Å². The second-order valence-corrected chi connectivity index (χ2v) is 3.16. The van der Waals surface area contributed by atoms with Crippen LogP contribution < -0.4 is 4.74 Å². The Hall–Kier alpha value is -1.26. The van der Waals surface area contributed by atoms with Crippen LogP contribution in [0.4, 0.5) is 17.6 Å². The predicted molar refractivity (Wildman–Crippen MR) is 47.6 cm³/mol. The van der Waals surface area contributed by atoms with Crippen molar-refractivity contribution in [3.05, 3.63) is 29.8 Å². The van der Waals surface area contributed by atoms with Crippen molar-refractivity contribution in [1.29, 1.82) is 0 Å². The van der Waals surface area contributed by atoms with Gasteiger partial charge in [0.05, 0.1) is 0 Å². The Morgan fingerprint density at radius 3 is 2.20 bits per heavy atom. The Morgan fingerprint density at radius 2 is 1.73 bits per heavy atom. The topological polar surface area (TPSA) is 9.23 Å². The molecule has 0 unspecified atom stereocenters. The molecule has 84 valence electrons. The average molecular weight is 222 g/mol. The standard InChI is InChI=1S/C10H10F4O/c1-7-2-4-8(5-3-7)15-6-10(13,14)9(11)12/h2-5,9H,6H2,1H3. The third kappa shape index (κ3) is 3.42. The quantitative estimate of drug-likeness (QED) is 0.710. The lowest BCUT2D eigenvalue weighted by atomic mass is 10.2. The molecule has 0 atom stereocenters. The lowest BCUT2D eigenvalue weighted by Crippen LogP contribution is -2.33. The maximum atomic E-state index is 12.4. The fraction of sp³-hybridized carbons (Fsp3) is 0.400. The molecule has 0 fully saturated rings. The molecule has 0 saturated carbocycles. The fourth-order valence-electron chi connectivity index (χ4n) is 0.877. The van der Waals surface area contributed by atoms with E-state index < -0.39 is 19.0 Å². The summed E-state index contributed by atoms with van der Waals surface area (Å²) in [5, 5.41) is 0. The van der Waals surface area contributed by atoms with Crippen LogP contribution in [-0.2, 0) is 0 Å². The summed E-state index contributed by atoms with van der Waals surface area (Å²) < 4.78 is 52.9. The van der Waals surface area contributed by atoms with Gasteiger partial charge in [-0.25, -0.2) is 8.78 Å². The maximum absolute atomic E-state index is 12.4. The van der Waals surface area contributed by atoms with Crippen molar-refractivity contribution in [2.45, 2.75) is 19.3 Å². The first kappa shape index (κ1) is 11.8. The van der Waals surface area contributed by atoms with Crippen LogP contribution in [0.25, 0.3) is 0 Å². The summed E-state index contributed by atoms with van der Waals surface area (Å²) in [5.41, 5.74) is 0.933. The van der Waals surface area contributed by atoms with Crippen molar-refractivity contribution in [2.24, 2.45) is 0 Å². The Kier molecular flexibility index (Phi) is 3.55. The average Bonchev–Trinajstić information content (AvgIpc) is 2.17. The predicted octanol–water partition coefficient (Wildman–Crippen LogP) is 3.27. The highest BCUT2D eigenvalue weighted by Crippen LogP contribution is 2.24. The van der Waals surface area contributed by atoms with Crippen molar-refractivity contribution in [3.8, 4) is 5.75 Å². The Balaban J connectivity index is 2.54. The highest BCUT2D eigenvalue weighted by Gasteiger charge is 2.41. The molecule has 0 amide bonds. The van der Waals surface area contributed by atoms with E-state index in [1.807, 2.05) is 6.92 Å². The minimum absolute atomic E-state index is 0.154. The minimum Gasteiger partial charge on any atom is -0.487 e. The highest BCUT2D eigenvalue weighted by molar-refractivity contribution is 5.26. The third-order valence-corrected chi connectivity index (χ3v) is 1.77. The van der Waals surface area contributed by atoms with Crippen molar-refractivity contribution in [2.75, 3.05) is 6.61 Å². The molecule has 0 aliphatic carbocycles. The van der Waals surface area contributed by atoms with Gasteiger partial charge >= 0.3 is 12.3 Å². The number of rotatable bonds is 4. The van der Waals surface area contributed by atoms with Gasteiger partial charge in [-0.1, -0.05) is 17.7 Å². The fourth-order valence-corrected chi connectivity index (χ4v) is 0.877. The van der Waals surface area contributed by atoms with E-state index in [9.17, 15) is 17.6 Å². The number of alkyl halides is 4. The first-order valence-corrected chi connectivity index (χ1v) is 4.27. The van der Waals surface area contributed by atoms with Gasteiger partial charge in [-0.3, -0.25) is 0 Å². The molecule has 1 nitrogen and oxygen atoms in total. The van der Waals surface area contributed by atoms with Crippen molar-refractivity contribution >= 4 is 0 Å². The van der Waals surface area contributed by atoms with Crippen molar-refractivity contribution < 1.29 is 22.3 Å². The molecule has 0 N–H and O–H groups in total. The second kappa shape index (κ2) is 4.51. The number of benzene rings is 1. The summed E-state index contributed by atoms with van der Waals surface area (Å²) in [6.07, 6.45) is -3.71. The molecule has 0 aliphatic heterocycles. The van der Waals surface area contributed by atoms with Gasteiger partial charge in [0.1, 0.15) is 5.75 Å². The normalized spacial score (nSPS) is 11.9. The maximum Gasteiger partial charge on any atom is 0.340 e. The lowest BCUT2D eigenvalue weighted by molar-refractivity contribution is -0.148. The molecular formula is C10H10F4O. The molecule has 0 aliphatic rings. The summed E-state index contributed by atoms with van der Waals surface area (Å²) in [5.74, 6) is -3.95. The van der Waals surface area contributed by atoms with E-state index in [4.69, 9.17) is 0 Å². The van der Waals surface area contributed by atoms with Crippen LogP contribution in [0.15, 0.2) is 24.3 Å². The molecule has 5 heteroatoms. The number of hydrogen-bond donors (Lipinski definition) is 0. The van der Waals surface area contributed by atoms with E-state index in [0.717, 1.165) is 5.56 Å². The Labute approximate surface area is 84.7 Å². The van der Waals surface area contributed by atoms with Crippen LogP contribution >= 0.6 is 0 Å². The Morgan fingerprint density at radius 1 is 1.20 bits per heavy atom. The van der Waals surface area contributed by atoms with Crippen LogP contribution in [0.3, 0.4) is 0 Å². The Bertz CT molecular complexity index is 308. The number of halogens is 4. The molecule has 0 bridgehead atoms. The van der Waals surface area contributed by atoms with E-state index in [-0.39, 0.29) is 5.75 Å². The SMILES string of the molecule is Cc1ccc(OCC(F)(F)C(F)F)cc1.